The van der Waals surface area contributed by atoms with Crippen LogP contribution in [-0.4, -0.2) is 29.4 Å². The Labute approximate surface area is 92.2 Å². The van der Waals surface area contributed by atoms with E-state index >= 15 is 0 Å². The smallest absolute Gasteiger partial charge is 0.109 e. The summed E-state index contributed by atoms with van der Waals surface area (Å²) in [5.41, 5.74) is 0.235. The average molecular weight is 217 g/mol. The zero-order chi connectivity index (χ0) is 10.6. The van der Waals surface area contributed by atoms with Gasteiger partial charge in [-0.25, -0.2) is 0 Å². The fourth-order valence-electron chi connectivity index (χ4n) is 2.05. The van der Waals surface area contributed by atoms with Gasteiger partial charge >= 0.3 is 0 Å². The van der Waals surface area contributed by atoms with Crippen molar-refractivity contribution in [2.24, 2.45) is 0 Å². The van der Waals surface area contributed by atoms with Gasteiger partial charge in [0, 0.05) is 5.54 Å². The molecular formula is C11H23NOS. The van der Waals surface area contributed by atoms with Gasteiger partial charge in [0.05, 0.1) is 6.10 Å². The molecule has 0 radical (unpaired) electrons. The molecule has 1 rings (SSSR count). The van der Waals surface area contributed by atoms with Crippen molar-refractivity contribution in [2.75, 3.05) is 11.5 Å². The molecule has 1 saturated heterocycles. The standard InChI is InChI=1S/C11H23NOS/c1-5-14-7-6-10-12-11(3,4)8-9(2)13-10/h9-10,12H,5-8H2,1-4H3. The first kappa shape index (κ1) is 12.3. The highest BCUT2D eigenvalue weighted by Crippen LogP contribution is 2.23. The fourth-order valence-corrected chi connectivity index (χ4v) is 2.72. The molecule has 2 unspecified atom stereocenters. The first-order chi connectivity index (χ1) is 6.53. The lowest BCUT2D eigenvalue weighted by Crippen LogP contribution is -2.54. The summed E-state index contributed by atoms with van der Waals surface area (Å²) in [7, 11) is 0. The molecule has 1 aliphatic rings. The van der Waals surface area contributed by atoms with Crippen molar-refractivity contribution in [3.05, 3.63) is 0 Å². The SMILES string of the molecule is CCSCCC1NC(C)(C)CC(C)O1. The first-order valence-corrected chi connectivity index (χ1v) is 6.70. The largest absolute Gasteiger partial charge is 0.360 e. The lowest BCUT2D eigenvalue weighted by Gasteiger charge is -2.40. The first-order valence-electron chi connectivity index (χ1n) is 5.54. The molecule has 1 N–H and O–H groups in total. The predicted molar refractivity (Wildman–Crippen MR) is 63.8 cm³/mol. The maximum atomic E-state index is 5.84. The molecule has 84 valence electrons. The molecule has 1 fully saturated rings. The number of rotatable bonds is 4. The zero-order valence-electron chi connectivity index (χ0n) is 9.80. The van der Waals surface area contributed by atoms with E-state index in [9.17, 15) is 0 Å². The van der Waals surface area contributed by atoms with Crippen molar-refractivity contribution in [2.45, 2.75) is 58.4 Å². The van der Waals surface area contributed by atoms with E-state index in [2.05, 4.69) is 33.0 Å². The molecule has 0 aromatic rings. The van der Waals surface area contributed by atoms with Crippen LogP contribution < -0.4 is 5.32 Å². The second kappa shape index (κ2) is 5.38. The highest BCUT2D eigenvalue weighted by atomic mass is 32.2. The van der Waals surface area contributed by atoms with Crippen molar-refractivity contribution in [3.63, 3.8) is 0 Å². The van der Waals surface area contributed by atoms with Crippen molar-refractivity contribution in [1.29, 1.82) is 0 Å². The maximum absolute atomic E-state index is 5.84. The molecular weight excluding hydrogens is 194 g/mol. The van der Waals surface area contributed by atoms with E-state index in [1.807, 2.05) is 11.8 Å². The molecule has 14 heavy (non-hydrogen) atoms. The van der Waals surface area contributed by atoms with Gasteiger partial charge in [-0.1, -0.05) is 6.92 Å². The molecule has 3 heteroatoms. The lowest BCUT2D eigenvalue weighted by molar-refractivity contribution is -0.0874. The average Bonchev–Trinajstić information content (AvgIpc) is 2.00. The molecule has 0 saturated carbocycles. The van der Waals surface area contributed by atoms with Gasteiger partial charge in [-0.3, -0.25) is 5.32 Å². The van der Waals surface area contributed by atoms with Crippen LogP contribution in [-0.2, 0) is 4.74 Å². The Hall–Kier alpha value is 0.270. The third-order valence-corrected chi connectivity index (χ3v) is 3.41. The molecule has 0 spiro atoms. The van der Waals surface area contributed by atoms with Crippen LogP contribution in [0.4, 0.5) is 0 Å². The number of nitrogens with one attached hydrogen (secondary N) is 1. The molecule has 1 aliphatic heterocycles. The Morgan fingerprint density at radius 3 is 2.79 bits per heavy atom. The highest BCUT2D eigenvalue weighted by molar-refractivity contribution is 7.99. The van der Waals surface area contributed by atoms with E-state index in [1.165, 1.54) is 11.5 Å². The minimum absolute atomic E-state index is 0.235. The topological polar surface area (TPSA) is 21.3 Å². The van der Waals surface area contributed by atoms with E-state index in [0.717, 1.165) is 12.8 Å². The van der Waals surface area contributed by atoms with Crippen LogP contribution in [0.15, 0.2) is 0 Å². The highest BCUT2D eigenvalue weighted by Gasteiger charge is 2.31. The van der Waals surface area contributed by atoms with Crippen LogP contribution in [0.1, 0.15) is 40.5 Å². The van der Waals surface area contributed by atoms with Crippen molar-refractivity contribution < 1.29 is 4.74 Å². The molecule has 0 aliphatic carbocycles. The Morgan fingerprint density at radius 2 is 2.21 bits per heavy atom. The maximum Gasteiger partial charge on any atom is 0.109 e. The quantitative estimate of drug-likeness (QED) is 0.732. The Morgan fingerprint density at radius 1 is 1.50 bits per heavy atom. The molecule has 0 aromatic heterocycles. The van der Waals surface area contributed by atoms with E-state index < -0.39 is 0 Å². The van der Waals surface area contributed by atoms with Gasteiger partial charge in [-0.15, -0.1) is 0 Å². The fraction of sp³-hybridized carbons (Fsp3) is 1.00. The van der Waals surface area contributed by atoms with Gasteiger partial charge in [-0.05, 0) is 45.1 Å². The Balaban J connectivity index is 2.30. The van der Waals surface area contributed by atoms with E-state index in [0.29, 0.717) is 6.10 Å². The second-order valence-corrected chi connectivity index (χ2v) is 6.05. The summed E-state index contributed by atoms with van der Waals surface area (Å²) in [5, 5.41) is 3.55. The van der Waals surface area contributed by atoms with E-state index in [4.69, 9.17) is 4.74 Å². The van der Waals surface area contributed by atoms with Crippen molar-refractivity contribution >= 4 is 11.8 Å². The molecule has 2 nitrogen and oxygen atoms in total. The Bertz CT molecular complexity index is 173. The third kappa shape index (κ3) is 4.20. The summed E-state index contributed by atoms with van der Waals surface area (Å²) in [6, 6.07) is 0. The summed E-state index contributed by atoms with van der Waals surface area (Å²) in [6.07, 6.45) is 2.87. The van der Waals surface area contributed by atoms with Gasteiger partial charge < -0.3 is 4.74 Å². The minimum atomic E-state index is 0.235. The van der Waals surface area contributed by atoms with E-state index in [1.54, 1.807) is 0 Å². The number of hydrogen-bond acceptors (Lipinski definition) is 3. The molecule has 0 bridgehead atoms. The summed E-state index contributed by atoms with van der Waals surface area (Å²) in [6.45, 7) is 8.88. The van der Waals surface area contributed by atoms with Gasteiger partial charge in [0.15, 0.2) is 0 Å². The van der Waals surface area contributed by atoms with Gasteiger partial charge in [0.2, 0.25) is 0 Å². The predicted octanol–water partition coefficient (Wildman–Crippen LogP) is 2.63. The van der Waals surface area contributed by atoms with Gasteiger partial charge in [0.1, 0.15) is 6.23 Å². The number of hydrogen-bond donors (Lipinski definition) is 1. The monoisotopic (exact) mass is 217 g/mol. The van der Waals surface area contributed by atoms with Crippen LogP contribution in [0.5, 0.6) is 0 Å². The van der Waals surface area contributed by atoms with Crippen LogP contribution in [0, 0.1) is 0 Å². The summed E-state index contributed by atoms with van der Waals surface area (Å²) < 4.78 is 5.84. The summed E-state index contributed by atoms with van der Waals surface area (Å²) in [5.74, 6) is 2.39. The van der Waals surface area contributed by atoms with Gasteiger partial charge in [-0.2, -0.15) is 11.8 Å². The lowest BCUT2D eigenvalue weighted by atomic mass is 9.95. The molecule has 2 atom stereocenters. The summed E-state index contributed by atoms with van der Waals surface area (Å²) in [4.78, 5) is 0. The van der Waals surface area contributed by atoms with Crippen molar-refractivity contribution in [3.8, 4) is 0 Å². The zero-order valence-corrected chi connectivity index (χ0v) is 10.6. The normalized spacial score (nSPS) is 31.7. The molecule has 0 amide bonds. The third-order valence-electron chi connectivity index (χ3n) is 2.47. The number of thioether (sulfide) groups is 1. The van der Waals surface area contributed by atoms with Crippen LogP contribution in [0.25, 0.3) is 0 Å². The van der Waals surface area contributed by atoms with Crippen molar-refractivity contribution in [1.82, 2.24) is 5.32 Å². The molecule has 1 heterocycles. The van der Waals surface area contributed by atoms with Crippen LogP contribution >= 0.6 is 11.8 Å². The van der Waals surface area contributed by atoms with Crippen LogP contribution in [0.3, 0.4) is 0 Å². The Kier molecular flexibility index (Phi) is 4.74. The van der Waals surface area contributed by atoms with Crippen LogP contribution in [0.2, 0.25) is 0 Å². The second-order valence-electron chi connectivity index (χ2n) is 4.65. The van der Waals surface area contributed by atoms with Gasteiger partial charge in [0.25, 0.3) is 0 Å². The summed E-state index contributed by atoms with van der Waals surface area (Å²) >= 11 is 1.98. The minimum Gasteiger partial charge on any atom is -0.360 e. The number of ether oxygens (including phenoxy) is 1. The molecule has 0 aromatic carbocycles. The van der Waals surface area contributed by atoms with E-state index in [-0.39, 0.29) is 11.8 Å².